The van der Waals surface area contributed by atoms with Gasteiger partial charge >= 0.3 is 0 Å². The first-order valence-electron chi connectivity index (χ1n) is 6.17. The normalized spacial score (nSPS) is 12.7. The number of hydrogen-bond acceptors (Lipinski definition) is 4. The molecule has 0 saturated heterocycles. The van der Waals surface area contributed by atoms with E-state index in [1.165, 1.54) is 11.1 Å². The highest BCUT2D eigenvalue weighted by Gasteiger charge is 2.11. The van der Waals surface area contributed by atoms with Gasteiger partial charge in [-0.3, -0.25) is 0 Å². The molecule has 0 amide bonds. The minimum Gasteiger partial charge on any atom is -0.334 e. The van der Waals surface area contributed by atoms with E-state index in [9.17, 15) is 0 Å². The molecule has 2 rings (SSSR count). The van der Waals surface area contributed by atoms with Crippen LogP contribution in [0.3, 0.4) is 0 Å². The molecule has 0 aliphatic heterocycles. The van der Waals surface area contributed by atoms with Crippen molar-refractivity contribution in [1.29, 1.82) is 0 Å². The number of aromatic nitrogens is 2. The molecule has 0 spiro atoms. The maximum atomic E-state index is 5.30. The van der Waals surface area contributed by atoms with E-state index in [-0.39, 0.29) is 0 Å². The molecule has 1 aromatic carbocycles. The lowest BCUT2D eigenvalue weighted by molar-refractivity contribution is 0.418. The van der Waals surface area contributed by atoms with Gasteiger partial charge in [0.15, 0.2) is 5.82 Å². The standard InChI is InChI=1S/C14H19N3O/c1-9-5-6-12(7-10(9)2)14-16-13(17-18-14)8-11(3)15-4/h5-7,11,15H,8H2,1-4H3. The fourth-order valence-corrected chi connectivity index (χ4v) is 1.70. The lowest BCUT2D eigenvalue weighted by atomic mass is 10.1. The Labute approximate surface area is 107 Å². The van der Waals surface area contributed by atoms with Crippen LogP contribution in [0.2, 0.25) is 0 Å². The number of rotatable bonds is 4. The summed E-state index contributed by atoms with van der Waals surface area (Å²) in [5.41, 5.74) is 3.48. The molecule has 96 valence electrons. The Morgan fingerprint density at radius 1 is 1.28 bits per heavy atom. The average Bonchev–Trinajstić information content (AvgIpc) is 2.81. The molecule has 18 heavy (non-hydrogen) atoms. The van der Waals surface area contributed by atoms with Crippen molar-refractivity contribution >= 4 is 0 Å². The number of nitrogens with one attached hydrogen (secondary N) is 1. The molecule has 0 aliphatic carbocycles. The van der Waals surface area contributed by atoms with Crippen LogP contribution in [0.4, 0.5) is 0 Å². The summed E-state index contributed by atoms with van der Waals surface area (Å²) in [6.07, 6.45) is 0.769. The van der Waals surface area contributed by atoms with Gasteiger partial charge in [-0.1, -0.05) is 11.2 Å². The molecule has 1 N–H and O–H groups in total. The summed E-state index contributed by atoms with van der Waals surface area (Å²) in [5.74, 6) is 1.33. The Morgan fingerprint density at radius 2 is 2.06 bits per heavy atom. The molecule has 1 unspecified atom stereocenters. The number of nitrogens with zero attached hydrogens (tertiary/aromatic N) is 2. The molecule has 4 nitrogen and oxygen atoms in total. The summed E-state index contributed by atoms with van der Waals surface area (Å²) in [6, 6.07) is 6.51. The van der Waals surface area contributed by atoms with E-state index in [0.717, 1.165) is 17.8 Å². The topological polar surface area (TPSA) is 51.0 Å². The van der Waals surface area contributed by atoms with Gasteiger partial charge in [-0.05, 0) is 51.1 Å². The summed E-state index contributed by atoms with van der Waals surface area (Å²) < 4.78 is 5.30. The molecular formula is C14H19N3O. The van der Waals surface area contributed by atoms with Crippen molar-refractivity contribution in [3.8, 4) is 11.5 Å². The van der Waals surface area contributed by atoms with Crippen molar-refractivity contribution in [1.82, 2.24) is 15.5 Å². The highest BCUT2D eigenvalue weighted by atomic mass is 16.5. The first kappa shape index (κ1) is 12.8. The third-order valence-corrected chi connectivity index (χ3v) is 3.20. The van der Waals surface area contributed by atoms with Crippen LogP contribution in [0.25, 0.3) is 11.5 Å². The minimum absolute atomic E-state index is 0.343. The van der Waals surface area contributed by atoms with Crippen LogP contribution in [0.5, 0.6) is 0 Å². The van der Waals surface area contributed by atoms with E-state index in [0.29, 0.717) is 11.9 Å². The van der Waals surface area contributed by atoms with Crippen molar-refractivity contribution < 1.29 is 4.52 Å². The van der Waals surface area contributed by atoms with Crippen LogP contribution in [-0.2, 0) is 6.42 Å². The highest BCUT2D eigenvalue weighted by Crippen LogP contribution is 2.20. The van der Waals surface area contributed by atoms with Gasteiger partial charge in [0.2, 0.25) is 0 Å². The molecule has 1 aromatic heterocycles. The summed E-state index contributed by atoms with van der Waals surface area (Å²) in [7, 11) is 1.93. The molecule has 2 aromatic rings. The quantitative estimate of drug-likeness (QED) is 0.899. The largest absolute Gasteiger partial charge is 0.334 e. The predicted molar refractivity (Wildman–Crippen MR) is 71.4 cm³/mol. The zero-order chi connectivity index (χ0) is 13.1. The molecular weight excluding hydrogens is 226 g/mol. The second kappa shape index (κ2) is 5.31. The van der Waals surface area contributed by atoms with Gasteiger partial charge in [0, 0.05) is 18.0 Å². The monoisotopic (exact) mass is 245 g/mol. The Kier molecular flexibility index (Phi) is 3.77. The van der Waals surface area contributed by atoms with E-state index in [4.69, 9.17) is 4.52 Å². The lowest BCUT2D eigenvalue weighted by Crippen LogP contribution is -2.24. The molecule has 0 fully saturated rings. The fraction of sp³-hybridized carbons (Fsp3) is 0.429. The molecule has 0 aliphatic rings. The van der Waals surface area contributed by atoms with Crippen LogP contribution < -0.4 is 5.32 Å². The number of hydrogen-bond donors (Lipinski definition) is 1. The number of benzene rings is 1. The summed E-state index contributed by atoms with van der Waals surface area (Å²) in [5, 5.41) is 7.16. The van der Waals surface area contributed by atoms with Crippen molar-refractivity contribution in [2.75, 3.05) is 7.05 Å². The van der Waals surface area contributed by atoms with Crippen LogP contribution in [0.15, 0.2) is 22.7 Å². The van der Waals surface area contributed by atoms with Crippen molar-refractivity contribution in [2.24, 2.45) is 0 Å². The van der Waals surface area contributed by atoms with Gasteiger partial charge < -0.3 is 9.84 Å². The second-order valence-corrected chi connectivity index (χ2v) is 4.71. The predicted octanol–water partition coefficient (Wildman–Crippen LogP) is 2.50. The maximum absolute atomic E-state index is 5.30. The third-order valence-electron chi connectivity index (χ3n) is 3.20. The molecule has 4 heteroatoms. The van der Waals surface area contributed by atoms with E-state index in [1.807, 2.05) is 13.1 Å². The first-order valence-corrected chi connectivity index (χ1v) is 6.17. The zero-order valence-electron chi connectivity index (χ0n) is 11.3. The molecule has 1 heterocycles. The van der Waals surface area contributed by atoms with E-state index >= 15 is 0 Å². The molecule has 0 bridgehead atoms. The zero-order valence-corrected chi connectivity index (χ0v) is 11.3. The maximum Gasteiger partial charge on any atom is 0.257 e. The van der Waals surface area contributed by atoms with Crippen LogP contribution >= 0.6 is 0 Å². The Bertz CT molecular complexity index is 534. The van der Waals surface area contributed by atoms with E-state index in [2.05, 4.69) is 48.4 Å². The van der Waals surface area contributed by atoms with E-state index in [1.54, 1.807) is 0 Å². The van der Waals surface area contributed by atoms with Crippen molar-refractivity contribution in [2.45, 2.75) is 33.2 Å². The number of likely N-dealkylation sites (N-methyl/N-ethyl adjacent to an activating group) is 1. The molecule has 0 radical (unpaired) electrons. The van der Waals surface area contributed by atoms with Gasteiger partial charge in [-0.25, -0.2) is 0 Å². The van der Waals surface area contributed by atoms with Gasteiger partial charge in [0.25, 0.3) is 5.89 Å². The third kappa shape index (κ3) is 2.76. The van der Waals surface area contributed by atoms with Crippen molar-refractivity contribution in [3.63, 3.8) is 0 Å². The molecule has 1 atom stereocenters. The first-order chi connectivity index (χ1) is 8.60. The SMILES string of the molecule is CNC(C)Cc1noc(-c2ccc(C)c(C)c2)n1. The van der Waals surface area contributed by atoms with Crippen LogP contribution in [0, 0.1) is 13.8 Å². The summed E-state index contributed by atoms with van der Waals surface area (Å²) in [4.78, 5) is 4.42. The highest BCUT2D eigenvalue weighted by molar-refractivity contribution is 5.55. The smallest absolute Gasteiger partial charge is 0.257 e. The molecule has 0 saturated carbocycles. The second-order valence-electron chi connectivity index (χ2n) is 4.71. The number of aryl methyl sites for hydroxylation is 2. The van der Waals surface area contributed by atoms with Gasteiger partial charge in [0.05, 0.1) is 0 Å². The Morgan fingerprint density at radius 3 is 2.72 bits per heavy atom. The van der Waals surface area contributed by atoms with Gasteiger partial charge in [-0.2, -0.15) is 4.98 Å². The minimum atomic E-state index is 0.343. The Balaban J connectivity index is 2.21. The van der Waals surface area contributed by atoms with Gasteiger partial charge in [0.1, 0.15) is 0 Å². The van der Waals surface area contributed by atoms with E-state index < -0.39 is 0 Å². The summed E-state index contributed by atoms with van der Waals surface area (Å²) in [6.45, 7) is 6.26. The average molecular weight is 245 g/mol. The summed E-state index contributed by atoms with van der Waals surface area (Å²) >= 11 is 0. The lowest BCUT2D eigenvalue weighted by Gasteiger charge is -2.04. The van der Waals surface area contributed by atoms with Crippen LogP contribution in [-0.4, -0.2) is 23.2 Å². The van der Waals surface area contributed by atoms with Gasteiger partial charge in [-0.15, -0.1) is 0 Å². The van der Waals surface area contributed by atoms with Crippen molar-refractivity contribution in [3.05, 3.63) is 35.2 Å². The van der Waals surface area contributed by atoms with Crippen LogP contribution in [0.1, 0.15) is 23.9 Å². The Hall–Kier alpha value is -1.68. The fourth-order valence-electron chi connectivity index (χ4n) is 1.70.